The van der Waals surface area contributed by atoms with Crippen LogP contribution in [0.15, 0.2) is 12.4 Å². The first-order valence-corrected chi connectivity index (χ1v) is 7.71. The van der Waals surface area contributed by atoms with Gasteiger partial charge >= 0.3 is 12.2 Å². The maximum absolute atomic E-state index is 12.2. The Hall–Kier alpha value is -2.05. The van der Waals surface area contributed by atoms with Crippen LogP contribution < -0.4 is 0 Å². The van der Waals surface area contributed by atoms with Gasteiger partial charge in [-0.05, 0) is 26.7 Å². The largest absolute Gasteiger partial charge is 0.449 e. The zero-order valence-corrected chi connectivity index (χ0v) is 13.0. The van der Waals surface area contributed by atoms with Gasteiger partial charge in [0.1, 0.15) is 11.9 Å². The van der Waals surface area contributed by atoms with Crippen molar-refractivity contribution in [2.75, 3.05) is 13.2 Å². The molecule has 0 saturated heterocycles. The van der Waals surface area contributed by atoms with Gasteiger partial charge in [-0.15, -0.1) is 0 Å². The molecule has 2 amide bonds. The smallest absolute Gasteiger partial charge is 0.415 e. The first-order valence-electron chi connectivity index (χ1n) is 7.71. The van der Waals surface area contributed by atoms with Crippen LogP contribution in [0.5, 0.6) is 0 Å². The zero-order valence-electron chi connectivity index (χ0n) is 13.0. The molecular weight excluding hydrogens is 288 g/mol. The molecule has 1 saturated carbocycles. The van der Waals surface area contributed by atoms with E-state index >= 15 is 0 Å². The van der Waals surface area contributed by atoms with Gasteiger partial charge in [-0.25, -0.2) is 9.59 Å². The molecule has 7 heteroatoms. The Morgan fingerprint density at radius 1 is 1.09 bits per heavy atom. The lowest BCUT2D eigenvalue weighted by Gasteiger charge is -2.36. The fourth-order valence-corrected chi connectivity index (χ4v) is 2.90. The molecule has 2 aliphatic rings. The second kappa shape index (κ2) is 7.29. The van der Waals surface area contributed by atoms with Gasteiger partial charge in [0.15, 0.2) is 0 Å². The van der Waals surface area contributed by atoms with Gasteiger partial charge in [0.05, 0.1) is 19.1 Å². The van der Waals surface area contributed by atoms with Crippen LogP contribution in [-0.4, -0.2) is 47.1 Å². The van der Waals surface area contributed by atoms with Gasteiger partial charge in [-0.1, -0.05) is 6.42 Å². The molecule has 1 unspecified atom stereocenters. The molecule has 0 aromatic carbocycles. The van der Waals surface area contributed by atoms with Crippen LogP contribution in [0.3, 0.4) is 0 Å². The van der Waals surface area contributed by atoms with Crippen molar-refractivity contribution in [3.05, 3.63) is 12.4 Å². The Labute approximate surface area is 129 Å². The molecule has 1 aliphatic heterocycles. The van der Waals surface area contributed by atoms with Crippen LogP contribution in [0.25, 0.3) is 0 Å². The summed E-state index contributed by atoms with van der Waals surface area (Å²) in [5, 5.41) is 0. The van der Waals surface area contributed by atoms with E-state index in [-0.39, 0.29) is 19.0 Å². The lowest BCUT2D eigenvalue weighted by atomic mass is 9.85. The predicted octanol–water partition coefficient (Wildman–Crippen LogP) is 2.47. The van der Waals surface area contributed by atoms with Gasteiger partial charge in [0.2, 0.25) is 0 Å². The molecule has 0 radical (unpaired) electrons. The number of nitrogens with zero attached hydrogens (tertiary/aromatic N) is 2. The van der Waals surface area contributed by atoms with E-state index < -0.39 is 24.3 Å². The SMILES string of the molecule is CCOC(=O)N1C=CN(C(=O)OCC)C1C1CCCCC1=O. The summed E-state index contributed by atoms with van der Waals surface area (Å²) in [7, 11) is 0. The van der Waals surface area contributed by atoms with Crippen molar-refractivity contribution in [1.82, 2.24) is 9.80 Å². The Bertz CT molecular complexity index is 449. The van der Waals surface area contributed by atoms with Crippen molar-refractivity contribution in [2.45, 2.75) is 45.7 Å². The molecule has 0 spiro atoms. The van der Waals surface area contributed by atoms with Crippen molar-refractivity contribution in [2.24, 2.45) is 5.92 Å². The summed E-state index contributed by atoms with van der Waals surface area (Å²) in [6, 6.07) is 0. The molecular formula is C15H22N2O5. The minimum atomic E-state index is -0.689. The molecule has 0 N–H and O–H groups in total. The van der Waals surface area contributed by atoms with Crippen molar-refractivity contribution in [3.63, 3.8) is 0 Å². The lowest BCUT2D eigenvalue weighted by Crippen LogP contribution is -2.52. The van der Waals surface area contributed by atoms with E-state index in [1.54, 1.807) is 13.8 Å². The topological polar surface area (TPSA) is 76.2 Å². The number of ether oxygens (including phenoxy) is 2. The van der Waals surface area contributed by atoms with Crippen LogP contribution in [0, 0.1) is 5.92 Å². The van der Waals surface area contributed by atoms with Crippen LogP contribution in [0.1, 0.15) is 39.5 Å². The summed E-state index contributed by atoms with van der Waals surface area (Å²) in [6.45, 7) is 3.88. The highest BCUT2D eigenvalue weighted by molar-refractivity contribution is 5.84. The van der Waals surface area contributed by atoms with Gasteiger partial charge in [0, 0.05) is 18.8 Å². The summed E-state index contributed by atoms with van der Waals surface area (Å²) in [5.41, 5.74) is 0. The fourth-order valence-electron chi connectivity index (χ4n) is 2.90. The van der Waals surface area contributed by atoms with Gasteiger partial charge in [-0.2, -0.15) is 0 Å². The Balaban J connectivity index is 2.23. The molecule has 122 valence electrons. The molecule has 1 fully saturated rings. The number of ketones is 1. The maximum atomic E-state index is 12.2. The van der Waals surface area contributed by atoms with Gasteiger partial charge < -0.3 is 9.47 Å². The van der Waals surface area contributed by atoms with E-state index in [2.05, 4.69) is 0 Å². The van der Waals surface area contributed by atoms with E-state index in [4.69, 9.17) is 9.47 Å². The predicted molar refractivity (Wildman–Crippen MR) is 77.6 cm³/mol. The molecule has 7 nitrogen and oxygen atoms in total. The summed E-state index contributed by atoms with van der Waals surface area (Å²) >= 11 is 0. The van der Waals surface area contributed by atoms with E-state index in [0.29, 0.717) is 12.8 Å². The normalized spacial score (nSPS) is 22.1. The number of carbonyl (C=O) groups excluding carboxylic acids is 3. The Morgan fingerprint density at radius 2 is 1.64 bits per heavy atom. The number of Topliss-reactive ketones (excluding diaryl/α,β-unsaturated/α-hetero) is 1. The van der Waals surface area contributed by atoms with Crippen molar-refractivity contribution >= 4 is 18.0 Å². The highest BCUT2D eigenvalue weighted by atomic mass is 16.6. The van der Waals surface area contributed by atoms with Crippen molar-refractivity contribution in [3.8, 4) is 0 Å². The third-order valence-corrected chi connectivity index (χ3v) is 3.88. The lowest BCUT2D eigenvalue weighted by molar-refractivity contribution is -0.127. The number of carbonyl (C=O) groups is 3. The molecule has 1 atom stereocenters. The summed E-state index contributed by atoms with van der Waals surface area (Å²) < 4.78 is 10.0. The highest BCUT2D eigenvalue weighted by Crippen LogP contribution is 2.32. The number of amides is 2. The Kier molecular flexibility index (Phi) is 5.41. The average Bonchev–Trinajstić information content (AvgIpc) is 2.93. The number of rotatable bonds is 3. The van der Waals surface area contributed by atoms with Gasteiger partial charge in [0.25, 0.3) is 0 Å². The molecule has 1 heterocycles. The molecule has 22 heavy (non-hydrogen) atoms. The number of hydrogen-bond acceptors (Lipinski definition) is 5. The molecule has 1 aliphatic carbocycles. The maximum Gasteiger partial charge on any atom is 0.415 e. The second-order valence-electron chi connectivity index (χ2n) is 5.24. The van der Waals surface area contributed by atoms with E-state index in [9.17, 15) is 14.4 Å². The molecule has 2 rings (SSSR count). The third-order valence-electron chi connectivity index (χ3n) is 3.88. The minimum absolute atomic E-state index is 0.0727. The summed E-state index contributed by atoms with van der Waals surface area (Å²) in [6.07, 6.45) is 4.02. The Morgan fingerprint density at radius 3 is 2.09 bits per heavy atom. The van der Waals surface area contributed by atoms with Crippen LogP contribution >= 0.6 is 0 Å². The summed E-state index contributed by atoms with van der Waals surface area (Å²) in [4.78, 5) is 39.1. The first kappa shape index (κ1) is 16.3. The van der Waals surface area contributed by atoms with Crippen LogP contribution in [0.4, 0.5) is 9.59 Å². The summed E-state index contributed by atoms with van der Waals surface area (Å²) in [5.74, 6) is -0.332. The highest BCUT2D eigenvalue weighted by Gasteiger charge is 2.44. The van der Waals surface area contributed by atoms with E-state index in [1.165, 1.54) is 22.2 Å². The van der Waals surface area contributed by atoms with E-state index in [0.717, 1.165) is 12.8 Å². The van der Waals surface area contributed by atoms with Crippen molar-refractivity contribution < 1.29 is 23.9 Å². The van der Waals surface area contributed by atoms with Crippen LogP contribution in [0.2, 0.25) is 0 Å². The molecule has 0 aromatic heterocycles. The fraction of sp³-hybridized carbons (Fsp3) is 0.667. The average molecular weight is 310 g/mol. The molecule has 0 bridgehead atoms. The minimum Gasteiger partial charge on any atom is -0.449 e. The second-order valence-corrected chi connectivity index (χ2v) is 5.24. The van der Waals surface area contributed by atoms with E-state index in [1.807, 2.05) is 0 Å². The molecule has 0 aromatic rings. The third kappa shape index (κ3) is 3.23. The quantitative estimate of drug-likeness (QED) is 0.800. The zero-order chi connectivity index (χ0) is 16.1. The van der Waals surface area contributed by atoms with Gasteiger partial charge in [-0.3, -0.25) is 14.6 Å². The first-order chi connectivity index (χ1) is 10.6. The van der Waals surface area contributed by atoms with Crippen LogP contribution in [-0.2, 0) is 14.3 Å². The van der Waals surface area contributed by atoms with Crippen molar-refractivity contribution in [1.29, 1.82) is 0 Å². The standard InChI is InChI=1S/C15H22N2O5/c1-3-21-14(19)16-9-10-17(15(20)22-4-2)13(16)11-7-5-6-8-12(11)18/h9-11,13H,3-8H2,1-2H3. The monoisotopic (exact) mass is 310 g/mol. The number of hydrogen-bond donors (Lipinski definition) is 0.